The van der Waals surface area contributed by atoms with Gasteiger partial charge in [0, 0.05) is 5.70 Å². The first-order chi connectivity index (χ1) is 8.69. The van der Waals surface area contributed by atoms with Crippen LogP contribution < -0.4 is 5.73 Å². The van der Waals surface area contributed by atoms with Gasteiger partial charge in [-0.3, -0.25) is 0 Å². The highest BCUT2D eigenvalue weighted by atomic mass is 14.6. The van der Waals surface area contributed by atoms with Crippen molar-refractivity contribution < 1.29 is 0 Å². The van der Waals surface area contributed by atoms with Crippen molar-refractivity contribution in [2.45, 2.75) is 71.6 Å². The summed E-state index contributed by atoms with van der Waals surface area (Å²) in [6, 6.07) is 0. The Morgan fingerprint density at radius 2 is 1.94 bits per heavy atom. The summed E-state index contributed by atoms with van der Waals surface area (Å²) in [4.78, 5) is 0. The first kappa shape index (κ1) is 14.0. The Morgan fingerprint density at radius 1 is 1.22 bits per heavy atom. The normalized spacial score (nSPS) is 32.0. The Kier molecular flexibility index (Phi) is 5.14. The smallest absolute Gasteiger partial charge is 0.00456 e. The molecular formula is C17H31N. The second-order valence-electron chi connectivity index (χ2n) is 6.84. The lowest BCUT2D eigenvalue weighted by atomic mass is 9.73. The summed E-state index contributed by atoms with van der Waals surface area (Å²) >= 11 is 0. The van der Waals surface area contributed by atoms with Crippen LogP contribution in [0.3, 0.4) is 0 Å². The van der Waals surface area contributed by atoms with E-state index >= 15 is 0 Å². The average molecular weight is 249 g/mol. The SMILES string of the molecule is CCC(C)C1C=C(N)CC(CC2CCCCC2)C1. The lowest BCUT2D eigenvalue weighted by Crippen LogP contribution is -2.24. The molecule has 1 fully saturated rings. The molecule has 0 bridgehead atoms. The zero-order valence-electron chi connectivity index (χ0n) is 12.3. The van der Waals surface area contributed by atoms with E-state index < -0.39 is 0 Å². The van der Waals surface area contributed by atoms with Gasteiger partial charge >= 0.3 is 0 Å². The first-order valence-electron chi connectivity index (χ1n) is 8.15. The minimum Gasteiger partial charge on any atom is -0.402 e. The van der Waals surface area contributed by atoms with Crippen LogP contribution in [-0.4, -0.2) is 0 Å². The van der Waals surface area contributed by atoms with Gasteiger partial charge in [-0.15, -0.1) is 0 Å². The van der Waals surface area contributed by atoms with Gasteiger partial charge in [-0.2, -0.15) is 0 Å². The van der Waals surface area contributed by atoms with E-state index in [1.807, 2.05) is 0 Å². The number of allylic oxidation sites excluding steroid dienone is 2. The number of hydrogen-bond acceptors (Lipinski definition) is 1. The van der Waals surface area contributed by atoms with Crippen molar-refractivity contribution in [3.05, 3.63) is 11.8 Å². The van der Waals surface area contributed by atoms with Gasteiger partial charge in [0.05, 0.1) is 0 Å². The van der Waals surface area contributed by atoms with Gasteiger partial charge in [0.15, 0.2) is 0 Å². The summed E-state index contributed by atoms with van der Waals surface area (Å²) in [5.41, 5.74) is 7.35. The van der Waals surface area contributed by atoms with E-state index in [0.29, 0.717) is 0 Å². The largest absolute Gasteiger partial charge is 0.402 e. The van der Waals surface area contributed by atoms with E-state index in [0.717, 1.165) is 23.7 Å². The molecule has 0 spiro atoms. The van der Waals surface area contributed by atoms with Crippen LogP contribution in [-0.2, 0) is 0 Å². The molecule has 0 saturated heterocycles. The molecule has 2 N–H and O–H groups in total. The van der Waals surface area contributed by atoms with Crippen LogP contribution in [0.1, 0.15) is 71.6 Å². The zero-order chi connectivity index (χ0) is 13.0. The van der Waals surface area contributed by atoms with Crippen LogP contribution in [0.5, 0.6) is 0 Å². The first-order valence-corrected chi connectivity index (χ1v) is 8.15. The van der Waals surface area contributed by atoms with Crippen molar-refractivity contribution in [3.8, 4) is 0 Å². The van der Waals surface area contributed by atoms with Crippen LogP contribution in [0.25, 0.3) is 0 Å². The van der Waals surface area contributed by atoms with Crippen LogP contribution >= 0.6 is 0 Å². The van der Waals surface area contributed by atoms with Crippen LogP contribution in [0.4, 0.5) is 0 Å². The van der Waals surface area contributed by atoms with E-state index in [1.165, 1.54) is 63.5 Å². The standard InChI is InChI=1S/C17H31N/c1-3-13(2)16-10-15(11-17(18)12-16)9-14-7-5-4-6-8-14/h12-16H,3-11,18H2,1-2H3. The Bertz CT molecular complexity index is 275. The Hall–Kier alpha value is -0.460. The molecule has 0 aromatic heterocycles. The Labute approximate surface area is 113 Å². The molecule has 0 amide bonds. The monoisotopic (exact) mass is 249 g/mol. The average Bonchev–Trinajstić information content (AvgIpc) is 2.38. The molecule has 1 heteroatoms. The summed E-state index contributed by atoms with van der Waals surface area (Å²) < 4.78 is 0. The topological polar surface area (TPSA) is 26.0 Å². The third kappa shape index (κ3) is 3.76. The highest BCUT2D eigenvalue weighted by Crippen LogP contribution is 2.38. The fourth-order valence-electron chi connectivity index (χ4n) is 3.99. The van der Waals surface area contributed by atoms with Gasteiger partial charge in [-0.25, -0.2) is 0 Å². The molecule has 3 unspecified atom stereocenters. The second kappa shape index (κ2) is 6.63. The maximum absolute atomic E-state index is 6.17. The van der Waals surface area contributed by atoms with Crippen molar-refractivity contribution in [2.24, 2.45) is 29.4 Å². The van der Waals surface area contributed by atoms with Gasteiger partial charge in [0.2, 0.25) is 0 Å². The highest BCUT2D eigenvalue weighted by molar-refractivity contribution is 5.07. The molecule has 18 heavy (non-hydrogen) atoms. The fraction of sp³-hybridized carbons (Fsp3) is 0.882. The molecule has 0 heterocycles. The third-order valence-corrected chi connectivity index (χ3v) is 5.32. The van der Waals surface area contributed by atoms with E-state index in [-0.39, 0.29) is 0 Å². The second-order valence-corrected chi connectivity index (χ2v) is 6.84. The molecular weight excluding hydrogens is 218 g/mol. The van der Waals surface area contributed by atoms with E-state index in [4.69, 9.17) is 5.73 Å². The molecule has 0 aromatic carbocycles. The number of nitrogens with two attached hydrogens (primary N) is 1. The van der Waals surface area contributed by atoms with Crippen molar-refractivity contribution >= 4 is 0 Å². The molecule has 0 radical (unpaired) electrons. The predicted molar refractivity (Wildman–Crippen MR) is 79.1 cm³/mol. The van der Waals surface area contributed by atoms with Crippen molar-refractivity contribution in [3.63, 3.8) is 0 Å². The van der Waals surface area contributed by atoms with Crippen LogP contribution in [0, 0.1) is 23.7 Å². The Balaban J connectivity index is 1.88. The van der Waals surface area contributed by atoms with Crippen molar-refractivity contribution in [1.29, 1.82) is 0 Å². The van der Waals surface area contributed by atoms with Crippen LogP contribution in [0.15, 0.2) is 11.8 Å². The minimum atomic E-state index is 0.748. The minimum absolute atomic E-state index is 0.748. The molecule has 0 aromatic rings. The van der Waals surface area contributed by atoms with E-state index in [9.17, 15) is 0 Å². The summed E-state index contributed by atoms with van der Waals surface area (Å²) in [5, 5.41) is 0. The van der Waals surface area contributed by atoms with E-state index in [2.05, 4.69) is 19.9 Å². The molecule has 1 saturated carbocycles. The molecule has 2 aliphatic rings. The number of rotatable bonds is 4. The third-order valence-electron chi connectivity index (χ3n) is 5.32. The summed E-state index contributed by atoms with van der Waals surface area (Å²) in [6.45, 7) is 4.69. The molecule has 104 valence electrons. The fourth-order valence-corrected chi connectivity index (χ4v) is 3.99. The van der Waals surface area contributed by atoms with Crippen LogP contribution in [0.2, 0.25) is 0 Å². The van der Waals surface area contributed by atoms with Gasteiger partial charge in [-0.05, 0) is 42.9 Å². The molecule has 3 atom stereocenters. The highest BCUT2D eigenvalue weighted by Gasteiger charge is 2.27. The summed E-state index contributed by atoms with van der Waals surface area (Å²) in [6.07, 6.45) is 15.0. The van der Waals surface area contributed by atoms with Crippen molar-refractivity contribution in [1.82, 2.24) is 0 Å². The zero-order valence-corrected chi connectivity index (χ0v) is 12.3. The predicted octanol–water partition coefficient (Wildman–Crippen LogP) is 4.87. The maximum Gasteiger partial charge on any atom is 0.00456 e. The van der Waals surface area contributed by atoms with E-state index in [1.54, 1.807) is 0 Å². The summed E-state index contributed by atoms with van der Waals surface area (Å²) in [7, 11) is 0. The van der Waals surface area contributed by atoms with Gasteiger partial charge in [0.1, 0.15) is 0 Å². The lowest BCUT2D eigenvalue weighted by molar-refractivity contribution is 0.233. The maximum atomic E-state index is 6.17. The molecule has 1 nitrogen and oxygen atoms in total. The van der Waals surface area contributed by atoms with Gasteiger partial charge in [0.25, 0.3) is 0 Å². The summed E-state index contributed by atoms with van der Waals surface area (Å²) in [5.74, 6) is 3.43. The molecule has 0 aliphatic heterocycles. The van der Waals surface area contributed by atoms with Crippen molar-refractivity contribution in [2.75, 3.05) is 0 Å². The molecule has 2 aliphatic carbocycles. The quantitative estimate of drug-likeness (QED) is 0.755. The Morgan fingerprint density at radius 3 is 2.61 bits per heavy atom. The number of hydrogen-bond donors (Lipinski definition) is 1. The van der Waals surface area contributed by atoms with Gasteiger partial charge < -0.3 is 5.73 Å². The van der Waals surface area contributed by atoms with Gasteiger partial charge in [-0.1, -0.05) is 58.4 Å². The molecule has 2 rings (SSSR count). The lowest BCUT2D eigenvalue weighted by Gasteiger charge is -2.33.